The molecule has 138 valence electrons. The number of nitrogens with one attached hydrogen (secondary N) is 3. The van der Waals surface area contributed by atoms with Crippen molar-refractivity contribution in [2.75, 3.05) is 37.6 Å². The summed E-state index contributed by atoms with van der Waals surface area (Å²) in [5.74, 6) is 0.584. The second-order valence-electron chi connectivity index (χ2n) is 6.54. The molecule has 1 aromatic carbocycles. The highest BCUT2D eigenvalue weighted by Gasteiger charge is 2.20. The van der Waals surface area contributed by atoms with E-state index in [0.717, 1.165) is 31.6 Å². The molecule has 3 amide bonds. The van der Waals surface area contributed by atoms with E-state index in [1.807, 2.05) is 12.1 Å². The van der Waals surface area contributed by atoms with Gasteiger partial charge in [-0.2, -0.15) is 0 Å². The van der Waals surface area contributed by atoms with Crippen LogP contribution in [0.3, 0.4) is 0 Å². The summed E-state index contributed by atoms with van der Waals surface area (Å²) in [6.45, 7) is 4.26. The molecule has 3 rings (SSSR count). The number of piperidine rings is 1. The van der Waals surface area contributed by atoms with E-state index >= 15 is 0 Å². The molecule has 0 radical (unpaired) electrons. The number of halogens is 1. The molecule has 2 saturated heterocycles. The van der Waals surface area contributed by atoms with Crippen molar-refractivity contribution in [3.8, 4) is 0 Å². The molecule has 2 aliphatic rings. The lowest BCUT2D eigenvalue weighted by molar-refractivity contribution is 0.0950. The Morgan fingerprint density at radius 3 is 2.92 bits per heavy atom. The Kier molecular flexibility index (Phi) is 7.52. The number of amides is 3. The topological polar surface area (TPSA) is 73.5 Å². The molecule has 6 nitrogen and oxygen atoms in total. The van der Waals surface area contributed by atoms with Gasteiger partial charge in [0, 0.05) is 30.9 Å². The van der Waals surface area contributed by atoms with E-state index in [9.17, 15) is 9.59 Å². The van der Waals surface area contributed by atoms with E-state index in [2.05, 4.69) is 16.0 Å². The van der Waals surface area contributed by atoms with Crippen molar-refractivity contribution in [3.05, 3.63) is 29.8 Å². The lowest BCUT2D eigenvalue weighted by Crippen LogP contribution is -2.46. The van der Waals surface area contributed by atoms with E-state index in [1.54, 1.807) is 17.0 Å². The summed E-state index contributed by atoms with van der Waals surface area (Å²) in [5, 5.41) is 9.23. The molecule has 1 unspecified atom stereocenters. The first-order valence-electron chi connectivity index (χ1n) is 8.88. The normalized spacial score (nSPS) is 20.4. The first kappa shape index (κ1) is 19.5. The van der Waals surface area contributed by atoms with Gasteiger partial charge in [0.2, 0.25) is 0 Å². The summed E-state index contributed by atoms with van der Waals surface area (Å²) in [5.41, 5.74) is 1.38. The quantitative estimate of drug-likeness (QED) is 0.747. The molecule has 0 aromatic heterocycles. The molecule has 7 heteroatoms. The first-order valence-corrected chi connectivity index (χ1v) is 8.88. The summed E-state index contributed by atoms with van der Waals surface area (Å²) in [6, 6.07) is 7.20. The van der Waals surface area contributed by atoms with Gasteiger partial charge in [-0.3, -0.25) is 9.69 Å². The lowest BCUT2D eigenvalue weighted by Gasteiger charge is -2.27. The van der Waals surface area contributed by atoms with Crippen molar-refractivity contribution in [1.29, 1.82) is 0 Å². The molecular formula is C18H27ClN4O2. The molecule has 0 spiro atoms. The van der Waals surface area contributed by atoms with Crippen LogP contribution in [0, 0.1) is 5.92 Å². The summed E-state index contributed by atoms with van der Waals surface area (Å²) in [6.07, 6.45) is 4.38. The third kappa shape index (κ3) is 5.34. The van der Waals surface area contributed by atoms with Gasteiger partial charge in [-0.25, -0.2) is 4.79 Å². The van der Waals surface area contributed by atoms with Crippen LogP contribution in [0.4, 0.5) is 10.5 Å². The average Bonchev–Trinajstić information content (AvgIpc) is 2.63. The van der Waals surface area contributed by atoms with Crippen LogP contribution >= 0.6 is 12.4 Å². The van der Waals surface area contributed by atoms with Crippen molar-refractivity contribution in [3.63, 3.8) is 0 Å². The van der Waals surface area contributed by atoms with Crippen LogP contribution in [-0.2, 0) is 0 Å². The van der Waals surface area contributed by atoms with Gasteiger partial charge in [0.25, 0.3) is 5.91 Å². The van der Waals surface area contributed by atoms with Gasteiger partial charge >= 0.3 is 6.03 Å². The highest BCUT2D eigenvalue weighted by Crippen LogP contribution is 2.18. The van der Waals surface area contributed by atoms with Crippen molar-refractivity contribution in [2.24, 2.45) is 5.92 Å². The van der Waals surface area contributed by atoms with E-state index in [4.69, 9.17) is 0 Å². The molecule has 1 aromatic rings. The van der Waals surface area contributed by atoms with Crippen molar-refractivity contribution in [2.45, 2.75) is 25.7 Å². The fourth-order valence-corrected chi connectivity index (χ4v) is 3.35. The molecule has 3 N–H and O–H groups in total. The molecule has 2 heterocycles. The zero-order valence-corrected chi connectivity index (χ0v) is 15.2. The van der Waals surface area contributed by atoms with Gasteiger partial charge in [-0.15, -0.1) is 12.4 Å². The Hall–Kier alpha value is -1.79. The smallest absolute Gasteiger partial charge is 0.321 e. The predicted molar refractivity (Wildman–Crippen MR) is 102 cm³/mol. The summed E-state index contributed by atoms with van der Waals surface area (Å²) in [7, 11) is 0. The molecule has 2 fully saturated rings. The molecule has 25 heavy (non-hydrogen) atoms. The van der Waals surface area contributed by atoms with E-state index in [1.165, 1.54) is 12.8 Å². The Morgan fingerprint density at radius 2 is 2.16 bits per heavy atom. The SMILES string of the molecule is Cl.O=C(NCCC1CCCNC1)c1cccc(N2CCCNC2=O)c1. The van der Waals surface area contributed by atoms with Gasteiger partial charge < -0.3 is 16.0 Å². The minimum atomic E-state index is -0.0939. The predicted octanol–water partition coefficient (Wildman–Crippen LogP) is 2.15. The molecule has 2 aliphatic heterocycles. The summed E-state index contributed by atoms with van der Waals surface area (Å²) < 4.78 is 0. The van der Waals surface area contributed by atoms with Gasteiger partial charge in [-0.1, -0.05) is 6.07 Å². The standard InChI is InChI=1S/C18H26N4O2.ClH/c23-17(20-10-7-14-4-2-8-19-13-14)15-5-1-6-16(12-15)22-11-3-9-21-18(22)24;/h1,5-6,12,14,19H,2-4,7-11,13H2,(H,20,23)(H,21,24);1H. The maximum Gasteiger partial charge on any atom is 0.321 e. The third-order valence-corrected chi connectivity index (χ3v) is 4.74. The Balaban J connectivity index is 0.00000225. The number of carbonyl (C=O) groups is 2. The van der Waals surface area contributed by atoms with E-state index in [-0.39, 0.29) is 24.3 Å². The maximum absolute atomic E-state index is 12.4. The Labute approximate surface area is 155 Å². The monoisotopic (exact) mass is 366 g/mol. The van der Waals surface area contributed by atoms with Crippen molar-refractivity contribution >= 4 is 30.0 Å². The van der Waals surface area contributed by atoms with Gasteiger partial charge in [0.05, 0.1) is 0 Å². The number of nitrogens with zero attached hydrogens (tertiary/aromatic N) is 1. The van der Waals surface area contributed by atoms with Crippen LogP contribution < -0.4 is 20.9 Å². The van der Waals surface area contributed by atoms with Crippen molar-refractivity contribution < 1.29 is 9.59 Å². The largest absolute Gasteiger partial charge is 0.352 e. The third-order valence-electron chi connectivity index (χ3n) is 4.74. The summed E-state index contributed by atoms with van der Waals surface area (Å²) in [4.78, 5) is 26.0. The van der Waals surface area contributed by atoms with Crippen LogP contribution in [0.15, 0.2) is 24.3 Å². The van der Waals surface area contributed by atoms with Gasteiger partial charge in [0.1, 0.15) is 0 Å². The zero-order chi connectivity index (χ0) is 16.8. The van der Waals surface area contributed by atoms with Gasteiger partial charge in [0.15, 0.2) is 0 Å². The number of hydrogen-bond acceptors (Lipinski definition) is 3. The molecule has 1 atom stereocenters. The minimum absolute atomic E-state index is 0. The van der Waals surface area contributed by atoms with Crippen LogP contribution in [0.1, 0.15) is 36.0 Å². The van der Waals surface area contributed by atoms with Crippen LogP contribution in [0.5, 0.6) is 0 Å². The van der Waals surface area contributed by atoms with E-state index in [0.29, 0.717) is 31.1 Å². The lowest BCUT2D eigenvalue weighted by atomic mass is 9.96. The second kappa shape index (κ2) is 9.63. The van der Waals surface area contributed by atoms with Gasteiger partial charge in [-0.05, 0) is 62.9 Å². The highest BCUT2D eigenvalue weighted by atomic mass is 35.5. The van der Waals surface area contributed by atoms with Crippen LogP contribution in [0.2, 0.25) is 0 Å². The fourth-order valence-electron chi connectivity index (χ4n) is 3.35. The number of benzene rings is 1. The average molecular weight is 367 g/mol. The van der Waals surface area contributed by atoms with Crippen LogP contribution in [0.25, 0.3) is 0 Å². The van der Waals surface area contributed by atoms with E-state index < -0.39 is 0 Å². The Morgan fingerprint density at radius 1 is 1.28 bits per heavy atom. The van der Waals surface area contributed by atoms with Crippen LogP contribution in [-0.4, -0.2) is 44.7 Å². The minimum Gasteiger partial charge on any atom is -0.352 e. The number of carbonyl (C=O) groups excluding carboxylic acids is 2. The second-order valence-corrected chi connectivity index (χ2v) is 6.54. The fraction of sp³-hybridized carbons (Fsp3) is 0.556. The molecule has 0 bridgehead atoms. The number of urea groups is 1. The molecular weight excluding hydrogens is 340 g/mol. The molecule has 0 aliphatic carbocycles. The highest BCUT2D eigenvalue weighted by molar-refractivity contribution is 5.97. The number of hydrogen-bond donors (Lipinski definition) is 3. The summed E-state index contributed by atoms with van der Waals surface area (Å²) >= 11 is 0. The Bertz CT molecular complexity index is 590. The number of anilines is 1. The maximum atomic E-state index is 12.4. The first-order chi connectivity index (χ1) is 11.7. The van der Waals surface area contributed by atoms with Crippen molar-refractivity contribution in [1.82, 2.24) is 16.0 Å². The zero-order valence-electron chi connectivity index (χ0n) is 14.4. The molecule has 0 saturated carbocycles. The number of rotatable bonds is 5.